The van der Waals surface area contributed by atoms with Crippen LogP contribution >= 0.6 is 11.6 Å². The molecule has 0 spiro atoms. The summed E-state index contributed by atoms with van der Waals surface area (Å²) in [5, 5.41) is 6.80. The Morgan fingerprint density at radius 1 is 1.15 bits per heavy atom. The van der Waals surface area contributed by atoms with Gasteiger partial charge in [-0.15, -0.1) is 4.91 Å². The number of piperidine rings is 1. The largest absolute Gasteiger partial charge is 0.495 e. The van der Waals surface area contributed by atoms with Gasteiger partial charge in [0.1, 0.15) is 17.0 Å². The number of ether oxygens (including phenoxy) is 2. The number of amides is 1. The predicted octanol–water partition coefficient (Wildman–Crippen LogP) is 4.88. The van der Waals surface area contributed by atoms with E-state index in [4.69, 9.17) is 21.1 Å². The number of nitrogens with zero attached hydrogens (tertiary/aromatic N) is 2. The molecule has 1 amide bonds. The molecule has 2 unspecified atom stereocenters. The first-order valence-electron chi connectivity index (χ1n) is 11.7. The van der Waals surface area contributed by atoms with Gasteiger partial charge in [-0.3, -0.25) is 9.69 Å². The van der Waals surface area contributed by atoms with Crippen LogP contribution in [0.25, 0.3) is 0 Å². The maximum atomic E-state index is 12.2. The quantitative estimate of drug-likeness (QED) is 0.539. The van der Waals surface area contributed by atoms with Crippen molar-refractivity contribution >= 4 is 17.5 Å². The van der Waals surface area contributed by atoms with E-state index in [0.717, 1.165) is 36.3 Å². The molecule has 34 heavy (non-hydrogen) atoms. The van der Waals surface area contributed by atoms with E-state index in [0.29, 0.717) is 23.6 Å². The van der Waals surface area contributed by atoms with E-state index in [-0.39, 0.29) is 24.6 Å². The summed E-state index contributed by atoms with van der Waals surface area (Å²) in [7, 11) is 3.18. The van der Waals surface area contributed by atoms with E-state index in [1.165, 1.54) is 11.1 Å². The van der Waals surface area contributed by atoms with Gasteiger partial charge in [0, 0.05) is 25.7 Å². The van der Waals surface area contributed by atoms with E-state index in [9.17, 15) is 9.70 Å². The molecule has 2 atom stereocenters. The molecule has 0 saturated carbocycles. The molecule has 0 aromatic heterocycles. The summed E-state index contributed by atoms with van der Waals surface area (Å²) in [6.07, 6.45) is 3.47. The number of benzene rings is 2. The van der Waals surface area contributed by atoms with Crippen LogP contribution in [0.3, 0.4) is 0 Å². The predicted molar refractivity (Wildman–Crippen MR) is 133 cm³/mol. The molecule has 4 rings (SSSR count). The molecule has 2 aliphatic heterocycles. The van der Waals surface area contributed by atoms with Crippen LogP contribution < -0.4 is 14.8 Å². The van der Waals surface area contributed by atoms with Gasteiger partial charge in [0.15, 0.2) is 6.61 Å². The normalized spacial score (nSPS) is 24.0. The highest BCUT2D eigenvalue weighted by Gasteiger charge is 2.50. The highest BCUT2D eigenvalue weighted by molar-refractivity contribution is 6.32. The van der Waals surface area contributed by atoms with E-state index < -0.39 is 5.54 Å². The van der Waals surface area contributed by atoms with Gasteiger partial charge in [-0.25, -0.2) is 0 Å². The number of carbonyl (C=O) groups is 1. The highest BCUT2D eigenvalue weighted by atomic mass is 35.5. The van der Waals surface area contributed by atoms with Crippen LogP contribution in [0.15, 0.2) is 35.5 Å². The summed E-state index contributed by atoms with van der Waals surface area (Å²) in [5.41, 5.74) is 3.57. The first-order valence-corrected chi connectivity index (χ1v) is 12.1. The van der Waals surface area contributed by atoms with Crippen LogP contribution in [0, 0.1) is 18.8 Å². The standard InChI is InChI=1S/C26H32ClN3O4/c1-16-17(2)23(34-15-25(31)28-3)10-5-18(16)14-30-20-7-8-21(30)13-26(12-20,29-32)19-6-9-22(27)24(11-19)33-4/h5-6,9-11,20-21H,7-8,12-15H2,1-4H3,(H,28,31). The lowest BCUT2D eigenvalue weighted by Crippen LogP contribution is -2.48. The lowest BCUT2D eigenvalue weighted by atomic mass is 9.78. The van der Waals surface area contributed by atoms with Crippen LogP contribution in [0.5, 0.6) is 11.5 Å². The summed E-state index contributed by atoms with van der Waals surface area (Å²) in [5.74, 6) is 1.14. The third-order valence-corrected chi connectivity index (χ3v) is 7.93. The molecule has 2 saturated heterocycles. The topological polar surface area (TPSA) is 80.2 Å². The average molecular weight is 486 g/mol. The van der Waals surface area contributed by atoms with Gasteiger partial charge in [0.25, 0.3) is 5.91 Å². The van der Waals surface area contributed by atoms with Crippen LogP contribution in [-0.4, -0.2) is 43.7 Å². The molecule has 0 aliphatic carbocycles. The molecule has 2 fully saturated rings. The Labute approximate surface area is 205 Å². The molecule has 1 N–H and O–H groups in total. The molecule has 8 heteroatoms. The average Bonchev–Trinajstić information content (AvgIpc) is 3.08. The molecule has 2 aromatic rings. The van der Waals surface area contributed by atoms with E-state index in [1.807, 2.05) is 25.1 Å². The lowest BCUT2D eigenvalue weighted by molar-refractivity contribution is -0.122. The maximum Gasteiger partial charge on any atom is 0.257 e. The number of fused-ring (bicyclic) bond motifs is 2. The summed E-state index contributed by atoms with van der Waals surface area (Å²) in [4.78, 5) is 26.3. The van der Waals surface area contributed by atoms with Gasteiger partial charge in [-0.05, 0) is 80.0 Å². The fraction of sp³-hybridized carbons (Fsp3) is 0.500. The van der Waals surface area contributed by atoms with Gasteiger partial charge < -0.3 is 14.8 Å². The second kappa shape index (κ2) is 9.92. The second-order valence-corrected chi connectivity index (χ2v) is 9.78. The monoisotopic (exact) mass is 485 g/mol. The summed E-state index contributed by atoms with van der Waals surface area (Å²) in [6.45, 7) is 4.94. The molecule has 2 heterocycles. The number of nitrogens with one attached hydrogen (secondary N) is 1. The molecule has 2 aromatic carbocycles. The minimum atomic E-state index is -0.761. The zero-order valence-electron chi connectivity index (χ0n) is 20.2. The molecule has 0 radical (unpaired) electrons. The minimum Gasteiger partial charge on any atom is -0.495 e. The van der Waals surface area contributed by atoms with Crippen molar-refractivity contribution in [2.75, 3.05) is 20.8 Å². The van der Waals surface area contributed by atoms with Crippen molar-refractivity contribution in [1.29, 1.82) is 0 Å². The molecular formula is C26H32ClN3O4. The first kappa shape index (κ1) is 24.5. The molecular weight excluding hydrogens is 454 g/mol. The zero-order valence-corrected chi connectivity index (χ0v) is 20.9. The fourth-order valence-corrected chi connectivity index (χ4v) is 5.67. The van der Waals surface area contributed by atoms with Gasteiger partial charge in [0.2, 0.25) is 0 Å². The number of rotatable bonds is 8. The van der Waals surface area contributed by atoms with Crippen LogP contribution in [0.2, 0.25) is 5.02 Å². The third-order valence-electron chi connectivity index (χ3n) is 7.62. The first-order chi connectivity index (χ1) is 16.3. The number of nitroso groups, excluding NO2 is 1. The summed E-state index contributed by atoms with van der Waals surface area (Å²) in [6, 6.07) is 10.2. The Kier molecular flexibility index (Phi) is 7.14. The third kappa shape index (κ3) is 4.51. The van der Waals surface area contributed by atoms with E-state index >= 15 is 0 Å². The van der Waals surface area contributed by atoms with Crippen LogP contribution in [0.4, 0.5) is 0 Å². The van der Waals surface area contributed by atoms with Crippen LogP contribution in [0.1, 0.15) is 47.9 Å². The highest BCUT2D eigenvalue weighted by Crippen LogP contribution is 2.49. The van der Waals surface area contributed by atoms with Gasteiger partial charge in [0.05, 0.1) is 12.1 Å². The second-order valence-electron chi connectivity index (χ2n) is 9.37. The zero-order chi connectivity index (χ0) is 24.5. The van der Waals surface area contributed by atoms with Gasteiger partial charge in [-0.2, -0.15) is 0 Å². The fourth-order valence-electron chi connectivity index (χ4n) is 5.48. The SMILES string of the molecule is CNC(=O)COc1ccc(CN2C3CCC2CC(N=O)(c2ccc(Cl)c(OC)c2)C3)c(C)c1C. The van der Waals surface area contributed by atoms with Crippen LogP contribution in [-0.2, 0) is 16.9 Å². The van der Waals surface area contributed by atoms with Crippen molar-refractivity contribution in [3.8, 4) is 11.5 Å². The van der Waals surface area contributed by atoms with Gasteiger partial charge in [-0.1, -0.05) is 28.9 Å². The molecule has 2 aliphatic rings. The minimum absolute atomic E-state index is 0.00264. The number of hydrogen-bond donors (Lipinski definition) is 1. The Morgan fingerprint density at radius 2 is 1.85 bits per heavy atom. The maximum absolute atomic E-state index is 12.2. The van der Waals surface area contributed by atoms with Crippen molar-refractivity contribution in [1.82, 2.24) is 10.2 Å². The smallest absolute Gasteiger partial charge is 0.257 e. The number of carbonyl (C=O) groups excluding carboxylic acids is 1. The number of halogens is 1. The van der Waals surface area contributed by atoms with E-state index in [1.54, 1.807) is 20.2 Å². The Hall–Kier alpha value is -2.64. The Balaban J connectivity index is 1.53. The number of methoxy groups -OCH3 is 1. The molecule has 182 valence electrons. The van der Waals surface area contributed by atoms with Crippen molar-refractivity contribution < 1.29 is 14.3 Å². The number of likely N-dealkylation sites (N-methyl/N-ethyl adjacent to an activating group) is 1. The molecule has 2 bridgehead atoms. The lowest BCUT2D eigenvalue weighted by Gasteiger charge is -2.43. The van der Waals surface area contributed by atoms with Crippen molar-refractivity contribution in [3.63, 3.8) is 0 Å². The Morgan fingerprint density at radius 3 is 2.47 bits per heavy atom. The van der Waals surface area contributed by atoms with Crippen molar-refractivity contribution in [2.45, 2.75) is 63.7 Å². The van der Waals surface area contributed by atoms with Gasteiger partial charge >= 0.3 is 0 Å². The van der Waals surface area contributed by atoms with Crippen molar-refractivity contribution in [3.05, 3.63) is 62.5 Å². The summed E-state index contributed by atoms with van der Waals surface area (Å²) >= 11 is 6.22. The summed E-state index contributed by atoms with van der Waals surface area (Å²) < 4.78 is 11.1. The van der Waals surface area contributed by atoms with Crippen molar-refractivity contribution in [2.24, 2.45) is 5.18 Å². The molecule has 7 nitrogen and oxygen atoms in total. The Bertz CT molecular complexity index is 1080. The number of hydrogen-bond acceptors (Lipinski definition) is 6. The van der Waals surface area contributed by atoms with E-state index in [2.05, 4.69) is 28.4 Å².